The van der Waals surface area contributed by atoms with Gasteiger partial charge in [0.25, 0.3) is 0 Å². The third kappa shape index (κ3) is 2.52. The molecular weight excluding hydrogens is 372 g/mol. The van der Waals surface area contributed by atoms with Crippen molar-refractivity contribution in [1.82, 2.24) is 13.0 Å². The molecule has 0 bridgehead atoms. The van der Waals surface area contributed by atoms with Crippen LogP contribution in [0.15, 0.2) is 47.6 Å². The summed E-state index contributed by atoms with van der Waals surface area (Å²) in [6, 6.07) is 7.21. The SMILES string of the molecule is N#Cc1ccc(-c2ccn(I3#CC(F)=CN=C3)n2)cn1. The number of allylic oxidation sites excluding steroid dienone is 1. The van der Waals surface area contributed by atoms with Crippen molar-refractivity contribution in [2.24, 2.45) is 4.99 Å². The Bertz CT molecular complexity index is 843. The first-order chi connectivity index (χ1) is 9.76. The van der Waals surface area contributed by atoms with Gasteiger partial charge in [0.15, 0.2) is 5.83 Å². The second kappa shape index (κ2) is 5.36. The molecule has 0 aliphatic carbocycles. The number of nitrogens with zero attached hydrogens (tertiary/aromatic N) is 5. The lowest BCUT2D eigenvalue weighted by molar-refractivity contribution is 0.674. The van der Waals surface area contributed by atoms with Gasteiger partial charge in [-0.05, 0) is 22.0 Å². The van der Waals surface area contributed by atoms with Crippen molar-refractivity contribution in [3.8, 4) is 21.1 Å². The summed E-state index contributed by atoms with van der Waals surface area (Å²) in [6.45, 7) is 0. The molecule has 0 saturated heterocycles. The quantitative estimate of drug-likeness (QED) is 0.716. The lowest BCUT2D eigenvalue weighted by atomic mass is 10.2. The van der Waals surface area contributed by atoms with Crippen LogP contribution >= 0.6 is 19.4 Å². The number of hydrogen-bond donors (Lipinski definition) is 0. The molecule has 0 amide bonds. The van der Waals surface area contributed by atoms with Crippen LogP contribution in [0.3, 0.4) is 0 Å². The van der Waals surface area contributed by atoms with Crippen LogP contribution in [0.2, 0.25) is 0 Å². The van der Waals surface area contributed by atoms with Crippen LogP contribution in [0.5, 0.6) is 0 Å². The summed E-state index contributed by atoms with van der Waals surface area (Å²) in [5, 5.41) is 13.1. The number of aromatic nitrogens is 3. The van der Waals surface area contributed by atoms with Gasteiger partial charge >= 0.3 is 0 Å². The molecule has 0 unspecified atom stereocenters. The molecule has 0 spiro atoms. The van der Waals surface area contributed by atoms with E-state index in [9.17, 15) is 4.39 Å². The van der Waals surface area contributed by atoms with E-state index in [2.05, 4.69) is 18.9 Å². The fraction of sp³-hybridized carbons (Fsp3) is 0. The zero-order valence-corrected chi connectivity index (χ0v) is 12.2. The van der Waals surface area contributed by atoms with Gasteiger partial charge in [0.2, 0.25) is 0 Å². The van der Waals surface area contributed by atoms with E-state index in [4.69, 9.17) is 5.26 Å². The Kier molecular flexibility index (Phi) is 3.41. The first-order valence-electron chi connectivity index (χ1n) is 5.53. The minimum atomic E-state index is -2.10. The van der Waals surface area contributed by atoms with Crippen LogP contribution in [0, 0.1) is 15.1 Å². The number of hydrogen-bond acceptors (Lipinski definition) is 4. The summed E-state index contributed by atoms with van der Waals surface area (Å²) in [6.07, 6.45) is 4.52. The molecule has 0 N–H and O–H groups in total. The summed E-state index contributed by atoms with van der Waals surface area (Å²) < 4.78 is 19.3. The van der Waals surface area contributed by atoms with Gasteiger partial charge in [-0.2, -0.15) is 14.8 Å². The molecule has 2 aromatic heterocycles. The van der Waals surface area contributed by atoms with Crippen molar-refractivity contribution < 1.29 is 4.39 Å². The third-order valence-corrected chi connectivity index (χ3v) is 5.96. The van der Waals surface area contributed by atoms with E-state index < -0.39 is 25.2 Å². The molecule has 0 fully saturated rings. The maximum absolute atomic E-state index is 13.1. The summed E-state index contributed by atoms with van der Waals surface area (Å²) >= 11 is -2.10. The van der Waals surface area contributed by atoms with E-state index in [1.807, 2.05) is 12.1 Å². The minimum absolute atomic E-state index is 0.358. The van der Waals surface area contributed by atoms with Gasteiger partial charge in [0.1, 0.15) is 11.8 Å². The third-order valence-electron chi connectivity index (χ3n) is 2.44. The number of aliphatic imine (C=N–C) groups is 1. The first-order valence-corrected chi connectivity index (χ1v) is 8.82. The van der Waals surface area contributed by atoms with Crippen molar-refractivity contribution in [1.29, 1.82) is 5.26 Å². The summed E-state index contributed by atoms with van der Waals surface area (Å²) in [4.78, 5) is 7.86. The molecule has 7 heteroatoms. The zero-order valence-electron chi connectivity index (χ0n) is 10.0. The molecule has 1 aliphatic heterocycles. The largest absolute Gasteiger partial charge is 0.253 e. The Morgan fingerprint density at radius 3 is 2.95 bits per heavy atom. The van der Waals surface area contributed by atoms with Crippen molar-refractivity contribution in [3.05, 3.63) is 48.3 Å². The summed E-state index contributed by atoms with van der Waals surface area (Å²) in [5.74, 6) is -0.435. The number of nitriles is 1. The molecule has 5 nitrogen and oxygen atoms in total. The van der Waals surface area contributed by atoms with E-state index in [0.717, 1.165) is 17.5 Å². The van der Waals surface area contributed by atoms with Crippen LogP contribution < -0.4 is 0 Å². The van der Waals surface area contributed by atoms with Gasteiger partial charge in [-0.1, -0.05) is 0 Å². The highest BCUT2D eigenvalue weighted by Crippen LogP contribution is 2.26. The fourth-order valence-electron chi connectivity index (χ4n) is 1.54. The van der Waals surface area contributed by atoms with Crippen molar-refractivity contribution in [2.75, 3.05) is 0 Å². The topological polar surface area (TPSA) is 66.9 Å². The Morgan fingerprint density at radius 2 is 2.25 bits per heavy atom. The predicted molar refractivity (Wildman–Crippen MR) is 81.2 cm³/mol. The van der Waals surface area contributed by atoms with Gasteiger partial charge in [-0.3, -0.25) is 4.99 Å². The van der Waals surface area contributed by atoms with Crippen molar-refractivity contribution in [3.63, 3.8) is 0 Å². The molecule has 2 aromatic rings. The Balaban J connectivity index is 1.95. The lowest BCUT2D eigenvalue weighted by Gasteiger charge is -2.00. The monoisotopic (exact) mass is 379 g/mol. The van der Waals surface area contributed by atoms with Gasteiger partial charge < -0.3 is 0 Å². The average Bonchev–Trinajstić information content (AvgIpc) is 2.97. The average molecular weight is 379 g/mol. The van der Waals surface area contributed by atoms with E-state index in [1.54, 1.807) is 31.6 Å². The highest BCUT2D eigenvalue weighted by molar-refractivity contribution is 14.2. The second-order valence-corrected chi connectivity index (χ2v) is 7.49. The fourth-order valence-corrected chi connectivity index (χ4v) is 4.29. The Morgan fingerprint density at radius 1 is 1.35 bits per heavy atom. The Hall–Kier alpha value is -2.30. The smallest absolute Gasteiger partial charge is 0.190 e. The molecule has 3 heterocycles. The molecule has 3 rings (SSSR count). The number of halogens is 2. The lowest BCUT2D eigenvalue weighted by Crippen LogP contribution is -1.90. The summed E-state index contributed by atoms with van der Waals surface area (Å²) in [7, 11) is 0. The van der Waals surface area contributed by atoms with E-state index in [-0.39, 0.29) is 0 Å². The second-order valence-electron chi connectivity index (χ2n) is 3.74. The minimum Gasteiger partial charge on any atom is -0.253 e. The maximum Gasteiger partial charge on any atom is 0.190 e. The van der Waals surface area contributed by atoms with E-state index in [0.29, 0.717) is 5.69 Å². The highest BCUT2D eigenvalue weighted by Gasteiger charge is 2.06. The molecule has 98 valence electrons. The Labute approximate surface area is 120 Å². The van der Waals surface area contributed by atoms with Crippen LogP contribution in [0.25, 0.3) is 11.3 Å². The van der Waals surface area contributed by atoms with Crippen LogP contribution in [0.1, 0.15) is 5.69 Å². The van der Waals surface area contributed by atoms with Gasteiger partial charge in [0, 0.05) is 37.4 Å². The van der Waals surface area contributed by atoms with Gasteiger partial charge in [0.05, 0.1) is 16.1 Å². The molecule has 0 aromatic carbocycles. The van der Waals surface area contributed by atoms with Crippen LogP contribution in [-0.4, -0.2) is 17.2 Å². The van der Waals surface area contributed by atoms with Crippen LogP contribution in [0.4, 0.5) is 4.39 Å². The van der Waals surface area contributed by atoms with E-state index in [1.165, 1.54) is 0 Å². The number of pyridine rings is 1. The van der Waals surface area contributed by atoms with Crippen LogP contribution in [-0.2, 0) is 0 Å². The van der Waals surface area contributed by atoms with Crippen molar-refractivity contribution in [2.45, 2.75) is 0 Å². The molecule has 1 aliphatic rings. The molecular formula is C13H7FIN5. The summed E-state index contributed by atoms with van der Waals surface area (Å²) in [5.41, 5.74) is 1.89. The first kappa shape index (κ1) is 12.7. The maximum atomic E-state index is 13.1. The van der Waals surface area contributed by atoms with E-state index >= 15 is 0 Å². The molecule has 0 saturated carbocycles. The normalized spacial score (nSPS) is 14.1. The molecule has 0 atom stereocenters. The predicted octanol–water partition coefficient (Wildman–Crippen LogP) is 2.90. The highest BCUT2D eigenvalue weighted by atomic mass is 127. The number of rotatable bonds is 1. The zero-order chi connectivity index (χ0) is 13.9. The van der Waals surface area contributed by atoms with Gasteiger partial charge in [-0.25, -0.2) is 7.88 Å². The van der Waals surface area contributed by atoms with Crippen molar-refractivity contribution >= 4 is 23.6 Å². The van der Waals surface area contributed by atoms with Gasteiger partial charge in [-0.15, -0.1) is 0 Å². The molecule has 0 radical (unpaired) electrons. The molecule has 20 heavy (non-hydrogen) atoms. The standard InChI is InChI=1S/C13H7FIN5/c14-11-5-15(9-17-8-11)20-4-3-13(19-20)10-1-2-12(6-16)18-7-10/h1-4,7-9H.